The van der Waals surface area contributed by atoms with E-state index in [1.165, 1.54) is 0 Å². The van der Waals surface area contributed by atoms with Crippen molar-refractivity contribution in [2.75, 3.05) is 19.7 Å². The minimum atomic E-state index is -0.445. The molecule has 0 aliphatic carbocycles. The number of carbonyl (C=O) groups is 3. The average Bonchev–Trinajstić information content (AvgIpc) is 3.05. The number of benzene rings is 2. The first-order valence-corrected chi connectivity index (χ1v) is 20.4. The van der Waals surface area contributed by atoms with Gasteiger partial charge in [0.15, 0.2) is 0 Å². The Hall–Kier alpha value is -2.66. The van der Waals surface area contributed by atoms with Crippen molar-refractivity contribution in [1.29, 1.82) is 0 Å². The Morgan fingerprint density at radius 1 is 0.860 bits per heavy atom. The summed E-state index contributed by atoms with van der Waals surface area (Å²) in [6.45, 7) is 4.49. The molecule has 3 N–H and O–H groups in total. The zero-order chi connectivity index (χ0) is 31.9. The van der Waals surface area contributed by atoms with Crippen molar-refractivity contribution >= 4 is 37.2 Å². The van der Waals surface area contributed by atoms with Gasteiger partial charge in [0.1, 0.15) is 6.61 Å². The van der Waals surface area contributed by atoms with Crippen molar-refractivity contribution in [3.8, 4) is 11.1 Å². The summed E-state index contributed by atoms with van der Waals surface area (Å²) in [6.07, 6.45) is 4.22. The molecule has 43 heavy (non-hydrogen) atoms. The van der Waals surface area contributed by atoms with E-state index in [0.29, 0.717) is 19.4 Å². The summed E-state index contributed by atoms with van der Waals surface area (Å²) in [4.78, 5) is 41.0. The Labute approximate surface area is 276 Å². The molecule has 3 aromatic rings. The molecule has 0 aliphatic heterocycles. The van der Waals surface area contributed by atoms with Crippen LogP contribution in [0.25, 0.3) is 22.6 Å². The molecule has 1 aromatic heterocycles. The van der Waals surface area contributed by atoms with E-state index in [2.05, 4.69) is 70.1 Å². The van der Waals surface area contributed by atoms with Crippen molar-refractivity contribution < 1.29 is 40.0 Å². The van der Waals surface area contributed by atoms with Crippen LogP contribution < -0.4 is 5.32 Å². The molecule has 1 amide bonds. The van der Waals surface area contributed by atoms with Gasteiger partial charge in [-0.15, -0.1) is 0 Å². The predicted octanol–water partition coefficient (Wildman–Crippen LogP) is 6.86. The van der Waals surface area contributed by atoms with E-state index < -0.39 is 5.97 Å². The second-order valence-electron chi connectivity index (χ2n) is 9.44. The van der Waals surface area contributed by atoms with E-state index in [0.717, 1.165) is 22.3 Å². The SMILES string of the molecule is CCOC(=O)[C@H](C)C[C@@H](Cc1ccc(-c2ccccc2)cc1)NC(=O)CCC(=O)OCc1ccncc1.[I][Pt].[NH-]CC[NH-]. The first-order valence-electron chi connectivity index (χ1n) is 13.9. The molecule has 0 aliphatic rings. The van der Waals surface area contributed by atoms with Crippen LogP contribution in [0.3, 0.4) is 0 Å². The van der Waals surface area contributed by atoms with Crippen LogP contribution in [-0.2, 0) is 53.0 Å². The normalized spacial score (nSPS) is 11.4. The van der Waals surface area contributed by atoms with Crippen LogP contribution in [0, 0.1) is 5.92 Å². The summed E-state index contributed by atoms with van der Waals surface area (Å²) in [5.41, 5.74) is 16.6. The van der Waals surface area contributed by atoms with Crippen molar-refractivity contribution in [2.24, 2.45) is 5.92 Å². The molecule has 9 nitrogen and oxygen atoms in total. The third kappa shape index (κ3) is 16.7. The average molecular weight is 883 g/mol. The summed E-state index contributed by atoms with van der Waals surface area (Å²) in [5, 5.41) is 3.01. The molecule has 0 bridgehead atoms. The minimum absolute atomic E-state index is 0.00636. The summed E-state index contributed by atoms with van der Waals surface area (Å²) in [5.74, 6) is -1.37. The topological polar surface area (TPSA) is 142 Å². The van der Waals surface area contributed by atoms with E-state index in [4.69, 9.17) is 20.9 Å². The standard InChI is InChI=1S/C30H34N2O5.C2H6N2.HI.Pt/c1-3-36-30(35)22(2)19-27(20-23-9-11-26(12-10-23)25-7-5-4-6-8-25)32-28(33)13-14-29(34)37-21-24-15-17-31-18-16-24;3-1-2-4;;/h4-12,15-18,22,27H,3,13-14,19-21H2,1-2H3,(H,32,33);3-4H,1-2H2;1H;/q;-2;;+1/p-1/t22-,27+;;;/m1.../s1. The zero-order valence-electron chi connectivity index (χ0n) is 24.5. The van der Waals surface area contributed by atoms with Crippen molar-refractivity contribution in [3.05, 3.63) is 102 Å². The van der Waals surface area contributed by atoms with Gasteiger partial charge in [0, 0.05) is 24.9 Å². The van der Waals surface area contributed by atoms with Crippen LogP contribution in [0.4, 0.5) is 0 Å². The summed E-state index contributed by atoms with van der Waals surface area (Å²) < 4.78 is 10.4. The van der Waals surface area contributed by atoms with Gasteiger partial charge in [-0.25, -0.2) is 0 Å². The van der Waals surface area contributed by atoms with Crippen molar-refractivity contribution in [3.63, 3.8) is 0 Å². The van der Waals surface area contributed by atoms with Crippen LogP contribution >= 0.6 is 19.4 Å². The van der Waals surface area contributed by atoms with Gasteiger partial charge in [0.25, 0.3) is 0 Å². The monoisotopic (exact) mass is 882 g/mol. The number of hydrogen-bond acceptors (Lipinski definition) is 6. The van der Waals surface area contributed by atoms with Gasteiger partial charge in [-0.2, -0.15) is 13.1 Å². The third-order valence-corrected chi connectivity index (χ3v) is 6.07. The molecule has 0 saturated carbocycles. The molecule has 1 heterocycles. The van der Waals surface area contributed by atoms with E-state index in [9.17, 15) is 14.4 Å². The van der Waals surface area contributed by atoms with Gasteiger partial charge in [0.05, 0.1) is 18.9 Å². The van der Waals surface area contributed by atoms with Gasteiger partial charge in [-0.3, -0.25) is 19.4 Å². The number of hydrogen-bond donors (Lipinski definition) is 1. The number of halogens is 1. The van der Waals surface area contributed by atoms with E-state index >= 15 is 0 Å². The van der Waals surface area contributed by atoms with Crippen molar-refractivity contribution in [2.45, 2.75) is 52.2 Å². The second-order valence-corrected chi connectivity index (χ2v) is 9.44. The quantitative estimate of drug-likeness (QED) is 0.139. The van der Waals surface area contributed by atoms with Gasteiger partial charge >= 0.3 is 47.4 Å². The van der Waals surface area contributed by atoms with Crippen LogP contribution in [0.1, 0.15) is 44.2 Å². The summed E-state index contributed by atoms with van der Waals surface area (Å²) >= 11 is 4.23. The number of nitrogens with one attached hydrogen (secondary N) is 3. The molecule has 0 radical (unpaired) electrons. The fraction of sp³-hybridized carbons (Fsp3) is 0.375. The van der Waals surface area contributed by atoms with Crippen LogP contribution in [0.2, 0.25) is 0 Å². The van der Waals surface area contributed by atoms with Gasteiger partial charge in [-0.1, -0.05) is 61.5 Å². The number of pyridine rings is 1. The number of aromatic nitrogens is 1. The Balaban J connectivity index is 0.00000142. The minimum Gasteiger partial charge on any atom is -0.679 e. The second kappa shape index (κ2) is 23.8. The molecular weight excluding hydrogens is 842 g/mol. The number of esters is 2. The van der Waals surface area contributed by atoms with Crippen LogP contribution in [0.15, 0.2) is 79.1 Å². The zero-order valence-corrected chi connectivity index (χ0v) is 28.9. The van der Waals surface area contributed by atoms with E-state index in [1.54, 1.807) is 38.4 Å². The molecule has 2 atom stereocenters. The molecule has 3 rings (SSSR count). The Kier molecular flexibility index (Phi) is 21.2. The van der Waals surface area contributed by atoms with Gasteiger partial charge in [0.2, 0.25) is 5.91 Å². The smallest absolute Gasteiger partial charge is 0.171 e. The maximum Gasteiger partial charge on any atom is -0.171 e. The first kappa shape index (κ1) is 38.4. The number of rotatable bonds is 14. The number of carbonyl (C=O) groups excluding carboxylic acids is 3. The fourth-order valence-corrected chi connectivity index (χ4v) is 3.98. The molecular formula is C32H40IN4O5Pt-2. The van der Waals surface area contributed by atoms with Gasteiger partial charge < -0.3 is 26.3 Å². The van der Waals surface area contributed by atoms with E-state index in [1.807, 2.05) is 30.3 Å². The molecule has 0 fully saturated rings. The third-order valence-electron chi connectivity index (χ3n) is 6.07. The maximum absolute atomic E-state index is 12.7. The Morgan fingerprint density at radius 2 is 1.47 bits per heavy atom. The Bertz CT molecular complexity index is 1190. The number of nitrogens with zero attached hydrogens (tertiary/aromatic N) is 1. The molecule has 11 heteroatoms. The molecule has 237 valence electrons. The van der Waals surface area contributed by atoms with Crippen molar-refractivity contribution in [1.82, 2.24) is 10.3 Å². The molecule has 2 aromatic carbocycles. The summed E-state index contributed by atoms with van der Waals surface area (Å²) in [7, 11) is 0. The van der Waals surface area contributed by atoms with E-state index in [-0.39, 0.29) is 56.4 Å². The number of amides is 1. The molecule has 0 unspecified atom stereocenters. The van der Waals surface area contributed by atoms with Gasteiger partial charge in [-0.05, 0) is 54.2 Å². The largest absolute Gasteiger partial charge is 0.679 e. The first-order chi connectivity index (χ1) is 20.9. The predicted molar refractivity (Wildman–Crippen MR) is 174 cm³/mol. The fourth-order valence-electron chi connectivity index (χ4n) is 3.98. The summed E-state index contributed by atoms with van der Waals surface area (Å²) in [6, 6.07) is 21.5. The Morgan fingerprint density at radius 3 is 2.05 bits per heavy atom. The van der Waals surface area contributed by atoms with Crippen LogP contribution in [-0.4, -0.2) is 48.6 Å². The maximum atomic E-state index is 12.7. The number of ether oxygens (including phenoxy) is 2. The van der Waals surface area contributed by atoms with Crippen LogP contribution in [0.5, 0.6) is 0 Å². The molecule has 0 saturated heterocycles. The molecule has 0 spiro atoms.